The standard InChI is InChI=1S/C16H21FN4O/c1-11-10-21(6-7-22-11)16(18)19-5-4-12-9-20-15-3-2-13(17)8-14(12)15/h2-3,8-9,11,20H,4-7,10H2,1H3,(H2,18,19). The molecule has 1 aromatic carbocycles. The number of hydrogen-bond acceptors (Lipinski definition) is 2. The summed E-state index contributed by atoms with van der Waals surface area (Å²) in [4.78, 5) is 9.64. The van der Waals surface area contributed by atoms with E-state index in [2.05, 4.69) is 9.98 Å². The lowest BCUT2D eigenvalue weighted by atomic mass is 10.1. The molecule has 118 valence electrons. The molecule has 1 aliphatic rings. The van der Waals surface area contributed by atoms with Gasteiger partial charge in [0, 0.05) is 36.7 Å². The van der Waals surface area contributed by atoms with Gasteiger partial charge in [-0.15, -0.1) is 0 Å². The molecule has 0 amide bonds. The molecule has 0 spiro atoms. The van der Waals surface area contributed by atoms with Gasteiger partial charge in [0.25, 0.3) is 0 Å². The van der Waals surface area contributed by atoms with Crippen molar-refractivity contribution >= 4 is 16.9 Å². The SMILES string of the molecule is CC1CN(C(N)=NCCc2c[nH]c3ccc(F)cc23)CCO1. The zero-order valence-electron chi connectivity index (χ0n) is 12.7. The molecule has 1 atom stereocenters. The summed E-state index contributed by atoms with van der Waals surface area (Å²) in [6, 6.07) is 4.76. The first-order valence-corrected chi connectivity index (χ1v) is 7.55. The third-order valence-corrected chi connectivity index (χ3v) is 3.95. The summed E-state index contributed by atoms with van der Waals surface area (Å²) in [5.41, 5.74) is 8.04. The number of guanidine groups is 1. The largest absolute Gasteiger partial charge is 0.375 e. The normalized spacial score (nSPS) is 19.8. The van der Waals surface area contributed by atoms with Gasteiger partial charge in [0.15, 0.2) is 5.96 Å². The number of aromatic nitrogens is 1. The Morgan fingerprint density at radius 2 is 2.41 bits per heavy atom. The molecule has 3 rings (SSSR count). The van der Waals surface area contributed by atoms with E-state index in [0.717, 1.165) is 36.0 Å². The average Bonchev–Trinajstić information content (AvgIpc) is 2.89. The van der Waals surface area contributed by atoms with E-state index in [-0.39, 0.29) is 11.9 Å². The number of ether oxygens (including phenoxy) is 1. The number of hydrogen-bond donors (Lipinski definition) is 2. The first kappa shape index (κ1) is 14.8. The number of nitrogens with two attached hydrogens (primary N) is 1. The molecule has 1 saturated heterocycles. The monoisotopic (exact) mass is 304 g/mol. The second-order valence-electron chi connectivity index (χ2n) is 5.62. The summed E-state index contributed by atoms with van der Waals surface area (Å²) >= 11 is 0. The molecule has 22 heavy (non-hydrogen) atoms. The molecule has 3 N–H and O–H groups in total. The molecule has 2 aromatic rings. The molecule has 1 fully saturated rings. The third-order valence-electron chi connectivity index (χ3n) is 3.95. The van der Waals surface area contributed by atoms with Crippen LogP contribution in [0.15, 0.2) is 29.4 Å². The number of aromatic amines is 1. The maximum absolute atomic E-state index is 13.3. The average molecular weight is 304 g/mol. The van der Waals surface area contributed by atoms with Gasteiger partial charge in [0.05, 0.1) is 12.7 Å². The lowest BCUT2D eigenvalue weighted by molar-refractivity contribution is 0.00530. The fourth-order valence-corrected chi connectivity index (χ4v) is 2.77. The zero-order valence-corrected chi connectivity index (χ0v) is 12.7. The van der Waals surface area contributed by atoms with Crippen LogP contribution in [0.3, 0.4) is 0 Å². The summed E-state index contributed by atoms with van der Waals surface area (Å²) in [5, 5.41) is 0.911. The Kier molecular flexibility index (Phi) is 4.29. The highest BCUT2D eigenvalue weighted by Gasteiger charge is 2.17. The van der Waals surface area contributed by atoms with Gasteiger partial charge in [-0.1, -0.05) is 0 Å². The van der Waals surface area contributed by atoms with Crippen molar-refractivity contribution in [2.75, 3.05) is 26.2 Å². The highest BCUT2D eigenvalue weighted by atomic mass is 19.1. The predicted molar refractivity (Wildman–Crippen MR) is 85.4 cm³/mol. The predicted octanol–water partition coefficient (Wildman–Crippen LogP) is 1.88. The fourth-order valence-electron chi connectivity index (χ4n) is 2.77. The number of nitrogens with one attached hydrogen (secondary N) is 1. The van der Waals surface area contributed by atoms with Crippen LogP contribution in [0.2, 0.25) is 0 Å². The Morgan fingerprint density at radius 1 is 1.55 bits per heavy atom. The molecule has 1 aromatic heterocycles. The number of fused-ring (bicyclic) bond motifs is 1. The van der Waals surface area contributed by atoms with Crippen LogP contribution in [0.25, 0.3) is 10.9 Å². The summed E-state index contributed by atoms with van der Waals surface area (Å²) in [5.74, 6) is 0.333. The van der Waals surface area contributed by atoms with Gasteiger partial charge in [0.2, 0.25) is 0 Å². The van der Waals surface area contributed by atoms with Crippen LogP contribution >= 0.6 is 0 Å². The number of morpholine rings is 1. The van der Waals surface area contributed by atoms with Gasteiger partial charge < -0.3 is 20.4 Å². The molecule has 1 unspecified atom stereocenters. The molecule has 0 radical (unpaired) electrons. The van der Waals surface area contributed by atoms with Crippen molar-refractivity contribution in [1.82, 2.24) is 9.88 Å². The molecule has 1 aliphatic heterocycles. The molecule has 0 aliphatic carbocycles. The minimum absolute atomic E-state index is 0.180. The summed E-state index contributed by atoms with van der Waals surface area (Å²) < 4.78 is 18.8. The van der Waals surface area contributed by atoms with Crippen molar-refractivity contribution in [1.29, 1.82) is 0 Å². The number of benzene rings is 1. The van der Waals surface area contributed by atoms with Crippen LogP contribution in [-0.4, -0.2) is 48.2 Å². The van der Waals surface area contributed by atoms with E-state index in [1.807, 2.05) is 18.0 Å². The van der Waals surface area contributed by atoms with Gasteiger partial charge in [-0.05, 0) is 37.1 Å². The van der Waals surface area contributed by atoms with E-state index in [1.54, 1.807) is 12.1 Å². The Morgan fingerprint density at radius 3 is 3.23 bits per heavy atom. The van der Waals surface area contributed by atoms with Crippen molar-refractivity contribution in [2.24, 2.45) is 10.7 Å². The number of halogens is 1. The second kappa shape index (κ2) is 6.36. The first-order chi connectivity index (χ1) is 10.6. The lowest BCUT2D eigenvalue weighted by Crippen LogP contribution is -2.47. The van der Waals surface area contributed by atoms with E-state index < -0.39 is 0 Å². The molecule has 0 saturated carbocycles. The summed E-state index contributed by atoms with van der Waals surface area (Å²) in [7, 11) is 0. The van der Waals surface area contributed by atoms with Crippen molar-refractivity contribution in [3.63, 3.8) is 0 Å². The van der Waals surface area contributed by atoms with Gasteiger partial charge in [0.1, 0.15) is 5.82 Å². The highest BCUT2D eigenvalue weighted by Crippen LogP contribution is 2.19. The summed E-state index contributed by atoms with van der Waals surface area (Å²) in [6.07, 6.45) is 2.82. The van der Waals surface area contributed by atoms with E-state index in [4.69, 9.17) is 10.5 Å². The second-order valence-corrected chi connectivity index (χ2v) is 5.62. The van der Waals surface area contributed by atoms with Crippen LogP contribution in [0.1, 0.15) is 12.5 Å². The fraction of sp³-hybridized carbons (Fsp3) is 0.438. The van der Waals surface area contributed by atoms with Crippen molar-refractivity contribution < 1.29 is 9.13 Å². The van der Waals surface area contributed by atoms with Crippen molar-refractivity contribution in [2.45, 2.75) is 19.4 Å². The smallest absolute Gasteiger partial charge is 0.191 e. The van der Waals surface area contributed by atoms with Crippen molar-refractivity contribution in [3.05, 3.63) is 35.8 Å². The molecular weight excluding hydrogens is 283 g/mol. The van der Waals surface area contributed by atoms with Gasteiger partial charge >= 0.3 is 0 Å². The quantitative estimate of drug-likeness (QED) is 0.672. The number of rotatable bonds is 3. The number of aliphatic imine (C=N–C) groups is 1. The van der Waals surface area contributed by atoms with Crippen LogP contribution < -0.4 is 5.73 Å². The van der Waals surface area contributed by atoms with E-state index in [9.17, 15) is 4.39 Å². The first-order valence-electron chi connectivity index (χ1n) is 7.55. The maximum Gasteiger partial charge on any atom is 0.191 e. The molecule has 5 nitrogen and oxygen atoms in total. The van der Waals surface area contributed by atoms with Crippen LogP contribution in [0.4, 0.5) is 4.39 Å². The number of H-pyrrole nitrogens is 1. The van der Waals surface area contributed by atoms with E-state index in [0.29, 0.717) is 19.1 Å². The van der Waals surface area contributed by atoms with Crippen LogP contribution in [0, 0.1) is 5.82 Å². The molecule has 6 heteroatoms. The van der Waals surface area contributed by atoms with Crippen LogP contribution in [0.5, 0.6) is 0 Å². The van der Waals surface area contributed by atoms with E-state index in [1.165, 1.54) is 6.07 Å². The Hall–Kier alpha value is -2.08. The topological polar surface area (TPSA) is 66.6 Å². The summed E-state index contributed by atoms with van der Waals surface area (Å²) in [6.45, 7) is 4.84. The minimum atomic E-state index is -0.223. The Labute approximate surface area is 129 Å². The van der Waals surface area contributed by atoms with Crippen LogP contribution in [-0.2, 0) is 11.2 Å². The van der Waals surface area contributed by atoms with Gasteiger partial charge in [-0.2, -0.15) is 0 Å². The highest BCUT2D eigenvalue weighted by molar-refractivity contribution is 5.83. The minimum Gasteiger partial charge on any atom is -0.375 e. The maximum atomic E-state index is 13.3. The van der Waals surface area contributed by atoms with Gasteiger partial charge in [-0.25, -0.2) is 4.39 Å². The van der Waals surface area contributed by atoms with Gasteiger partial charge in [-0.3, -0.25) is 4.99 Å². The lowest BCUT2D eigenvalue weighted by Gasteiger charge is -2.31. The third kappa shape index (κ3) is 3.22. The Balaban J connectivity index is 1.64. The number of nitrogens with zero attached hydrogens (tertiary/aromatic N) is 2. The Bertz CT molecular complexity index is 682. The molecular formula is C16H21FN4O. The van der Waals surface area contributed by atoms with Crippen molar-refractivity contribution in [3.8, 4) is 0 Å². The molecule has 0 bridgehead atoms. The van der Waals surface area contributed by atoms with E-state index >= 15 is 0 Å². The zero-order chi connectivity index (χ0) is 15.5. The molecule has 2 heterocycles.